The Labute approximate surface area is 122 Å². The van der Waals surface area contributed by atoms with E-state index in [2.05, 4.69) is 5.32 Å². The Morgan fingerprint density at radius 1 is 1.25 bits per heavy atom. The maximum absolute atomic E-state index is 13.0. The topological polar surface area (TPSA) is 29.1 Å². The van der Waals surface area contributed by atoms with Crippen molar-refractivity contribution >= 4 is 17.2 Å². The monoisotopic (exact) mass is 289 g/mol. The first-order valence-corrected chi connectivity index (χ1v) is 7.18. The van der Waals surface area contributed by atoms with Crippen LogP contribution in [-0.2, 0) is 4.79 Å². The summed E-state index contributed by atoms with van der Waals surface area (Å²) in [6.07, 6.45) is 1.56. The lowest BCUT2D eigenvalue weighted by atomic mass is 10.1. The molecule has 0 saturated carbocycles. The van der Waals surface area contributed by atoms with Gasteiger partial charge in [-0.25, -0.2) is 4.39 Å². The molecule has 20 heavy (non-hydrogen) atoms. The fraction of sp³-hybridized carbons (Fsp3) is 0.188. The number of allylic oxidation sites excluding steroid dienone is 1. The van der Waals surface area contributed by atoms with Crippen LogP contribution in [0.25, 0.3) is 0 Å². The van der Waals surface area contributed by atoms with E-state index in [1.807, 2.05) is 31.4 Å². The third kappa shape index (κ3) is 3.78. The van der Waals surface area contributed by atoms with Gasteiger partial charge in [-0.1, -0.05) is 23.8 Å². The second-order valence-electron chi connectivity index (χ2n) is 4.73. The van der Waals surface area contributed by atoms with Gasteiger partial charge in [-0.05, 0) is 43.0 Å². The number of thiophene rings is 1. The Morgan fingerprint density at radius 2 is 1.95 bits per heavy atom. The summed E-state index contributed by atoms with van der Waals surface area (Å²) in [6, 6.07) is 9.85. The molecule has 0 aliphatic heterocycles. The molecular weight excluding hydrogens is 273 g/mol. The molecule has 2 aromatic rings. The van der Waals surface area contributed by atoms with Gasteiger partial charge in [0, 0.05) is 11.0 Å². The van der Waals surface area contributed by atoms with Crippen LogP contribution in [0.1, 0.15) is 30.3 Å². The van der Waals surface area contributed by atoms with E-state index >= 15 is 0 Å². The summed E-state index contributed by atoms with van der Waals surface area (Å²) in [6.45, 7) is 3.75. The molecule has 1 atom stereocenters. The summed E-state index contributed by atoms with van der Waals surface area (Å²) in [5.74, 6) is -0.429. The normalized spacial score (nSPS) is 11.8. The van der Waals surface area contributed by atoms with E-state index in [1.54, 1.807) is 29.5 Å². The molecular formula is C16H16FNOS. The van der Waals surface area contributed by atoms with Gasteiger partial charge >= 0.3 is 0 Å². The molecule has 1 aromatic heterocycles. The smallest absolute Gasteiger partial charge is 0.244 e. The van der Waals surface area contributed by atoms with Crippen molar-refractivity contribution in [3.8, 4) is 0 Å². The zero-order valence-corrected chi connectivity index (χ0v) is 12.2. The standard InChI is InChI=1S/C16H16FNOS/c1-11(2)10-15(19)18-16(14-4-3-9-20-14)12-5-7-13(17)8-6-12/h3-10,16H,1-2H3,(H,18,19)/t16-/m1/s1. The molecule has 1 N–H and O–H groups in total. The summed E-state index contributed by atoms with van der Waals surface area (Å²) < 4.78 is 13.0. The van der Waals surface area contributed by atoms with E-state index in [0.29, 0.717) is 0 Å². The average molecular weight is 289 g/mol. The van der Waals surface area contributed by atoms with Gasteiger partial charge in [-0.15, -0.1) is 11.3 Å². The number of halogens is 1. The first kappa shape index (κ1) is 14.5. The predicted octanol–water partition coefficient (Wildman–Crippen LogP) is 4.06. The Kier molecular flexibility index (Phi) is 4.69. The second-order valence-corrected chi connectivity index (χ2v) is 5.71. The summed E-state index contributed by atoms with van der Waals surface area (Å²) in [4.78, 5) is 13.0. The summed E-state index contributed by atoms with van der Waals surface area (Å²) in [7, 11) is 0. The van der Waals surface area contributed by atoms with Crippen LogP contribution in [0, 0.1) is 5.82 Å². The minimum absolute atomic E-state index is 0.146. The van der Waals surface area contributed by atoms with E-state index in [4.69, 9.17) is 0 Å². The van der Waals surface area contributed by atoms with E-state index in [-0.39, 0.29) is 17.8 Å². The maximum atomic E-state index is 13.0. The minimum Gasteiger partial charge on any atom is -0.341 e. The quantitative estimate of drug-likeness (QED) is 0.845. The predicted molar refractivity (Wildman–Crippen MR) is 80.1 cm³/mol. The van der Waals surface area contributed by atoms with Crippen LogP contribution in [0.5, 0.6) is 0 Å². The number of carbonyl (C=O) groups is 1. The Balaban J connectivity index is 2.28. The second kappa shape index (κ2) is 6.48. The summed E-state index contributed by atoms with van der Waals surface area (Å²) in [5.41, 5.74) is 1.80. The van der Waals surface area contributed by atoms with Gasteiger partial charge in [0.1, 0.15) is 5.82 Å². The van der Waals surface area contributed by atoms with Crippen molar-refractivity contribution < 1.29 is 9.18 Å². The van der Waals surface area contributed by atoms with Crippen LogP contribution in [0.3, 0.4) is 0 Å². The van der Waals surface area contributed by atoms with Gasteiger partial charge in [-0.2, -0.15) is 0 Å². The molecule has 4 heteroatoms. The van der Waals surface area contributed by atoms with E-state index in [1.165, 1.54) is 12.1 Å². The van der Waals surface area contributed by atoms with Crippen LogP contribution in [-0.4, -0.2) is 5.91 Å². The van der Waals surface area contributed by atoms with Crippen molar-refractivity contribution in [3.63, 3.8) is 0 Å². The van der Waals surface area contributed by atoms with Crippen molar-refractivity contribution in [2.75, 3.05) is 0 Å². The van der Waals surface area contributed by atoms with Gasteiger partial charge in [0.05, 0.1) is 6.04 Å². The maximum Gasteiger partial charge on any atom is 0.244 e. The van der Waals surface area contributed by atoms with Crippen LogP contribution in [0.2, 0.25) is 0 Å². The van der Waals surface area contributed by atoms with Crippen molar-refractivity contribution in [3.05, 3.63) is 69.7 Å². The Morgan fingerprint density at radius 3 is 2.50 bits per heavy atom. The van der Waals surface area contributed by atoms with Gasteiger partial charge in [0.15, 0.2) is 0 Å². The Bertz CT molecular complexity index is 598. The fourth-order valence-electron chi connectivity index (χ4n) is 1.88. The van der Waals surface area contributed by atoms with E-state index in [9.17, 15) is 9.18 Å². The molecule has 0 saturated heterocycles. The van der Waals surface area contributed by atoms with Crippen LogP contribution in [0.15, 0.2) is 53.4 Å². The van der Waals surface area contributed by atoms with Crippen molar-refractivity contribution in [1.82, 2.24) is 5.32 Å². The van der Waals surface area contributed by atoms with Crippen LogP contribution >= 0.6 is 11.3 Å². The average Bonchev–Trinajstić information content (AvgIpc) is 2.90. The van der Waals surface area contributed by atoms with Crippen molar-refractivity contribution in [1.29, 1.82) is 0 Å². The zero-order chi connectivity index (χ0) is 14.5. The van der Waals surface area contributed by atoms with E-state index < -0.39 is 0 Å². The highest BCUT2D eigenvalue weighted by Gasteiger charge is 2.16. The fourth-order valence-corrected chi connectivity index (χ4v) is 2.68. The third-order valence-corrected chi connectivity index (χ3v) is 3.67. The van der Waals surface area contributed by atoms with Crippen LogP contribution < -0.4 is 5.32 Å². The third-order valence-electron chi connectivity index (χ3n) is 2.74. The number of rotatable bonds is 4. The molecule has 1 heterocycles. The molecule has 0 spiro atoms. The molecule has 0 radical (unpaired) electrons. The van der Waals surface area contributed by atoms with Gasteiger partial charge in [0.2, 0.25) is 5.91 Å². The first-order chi connectivity index (χ1) is 9.56. The minimum atomic E-state index is -0.283. The lowest BCUT2D eigenvalue weighted by molar-refractivity contribution is -0.117. The van der Waals surface area contributed by atoms with Crippen molar-refractivity contribution in [2.24, 2.45) is 0 Å². The first-order valence-electron chi connectivity index (χ1n) is 6.30. The molecule has 1 aromatic carbocycles. The summed E-state index contributed by atoms with van der Waals surface area (Å²) >= 11 is 1.56. The number of nitrogens with one attached hydrogen (secondary N) is 1. The highest BCUT2D eigenvalue weighted by molar-refractivity contribution is 7.10. The number of carbonyl (C=O) groups excluding carboxylic acids is 1. The van der Waals surface area contributed by atoms with E-state index in [0.717, 1.165) is 16.0 Å². The molecule has 104 valence electrons. The zero-order valence-electron chi connectivity index (χ0n) is 11.4. The molecule has 0 aliphatic rings. The molecule has 2 rings (SSSR count). The number of benzene rings is 1. The molecule has 0 aliphatic carbocycles. The largest absolute Gasteiger partial charge is 0.341 e. The lowest BCUT2D eigenvalue weighted by Crippen LogP contribution is -2.27. The highest BCUT2D eigenvalue weighted by atomic mass is 32.1. The number of amides is 1. The molecule has 0 unspecified atom stereocenters. The molecule has 0 bridgehead atoms. The SMILES string of the molecule is CC(C)=CC(=O)N[C@H](c1ccc(F)cc1)c1cccs1. The van der Waals surface area contributed by atoms with Crippen molar-refractivity contribution in [2.45, 2.75) is 19.9 Å². The molecule has 0 fully saturated rings. The lowest BCUT2D eigenvalue weighted by Gasteiger charge is -2.17. The number of hydrogen-bond acceptors (Lipinski definition) is 2. The molecule has 2 nitrogen and oxygen atoms in total. The molecule has 1 amide bonds. The highest BCUT2D eigenvalue weighted by Crippen LogP contribution is 2.26. The summed E-state index contributed by atoms with van der Waals surface area (Å²) in [5, 5.41) is 4.92. The van der Waals surface area contributed by atoms with Gasteiger partial charge < -0.3 is 5.32 Å². The number of hydrogen-bond donors (Lipinski definition) is 1. The van der Waals surface area contributed by atoms with Gasteiger partial charge in [-0.3, -0.25) is 4.79 Å². The van der Waals surface area contributed by atoms with Crippen LogP contribution in [0.4, 0.5) is 4.39 Å². The Hall–Kier alpha value is -1.94. The van der Waals surface area contributed by atoms with Gasteiger partial charge in [0.25, 0.3) is 0 Å².